The van der Waals surface area contributed by atoms with Gasteiger partial charge in [-0.05, 0) is 30.4 Å². The third-order valence-corrected chi connectivity index (χ3v) is 3.64. The van der Waals surface area contributed by atoms with Gasteiger partial charge in [0.25, 0.3) is 0 Å². The fourth-order valence-corrected chi connectivity index (χ4v) is 2.43. The zero-order chi connectivity index (χ0) is 13.0. The summed E-state index contributed by atoms with van der Waals surface area (Å²) in [6, 6.07) is 3.14. The Bertz CT molecular complexity index is 411. The third-order valence-electron chi connectivity index (χ3n) is 3.64. The molecule has 0 unspecified atom stereocenters. The van der Waals surface area contributed by atoms with Gasteiger partial charge in [-0.2, -0.15) is 0 Å². The first-order valence-corrected chi connectivity index (χ1v) is 6.40. The molecule has 18 heavy (non-hydrogen) atoms. The number of aromatic nitrogens is 2. The van der Waals surface area contributed by atoms with Crippen molar-refractivity contribution >= 4 is 11.8 Å². The Morgan fingerprint density at radius 1 is 1.33 bits per heavy atom. The number of hydrogen-bond acceptors (Lipinski definition) is 4. The summed E-state index contributed by atoms with van der Waals surface area (Å²) in [5, 5.41) is 19.5. The summed E-state index contributed by atoms with van der Waals surface area (Å²) in [5.41, 5.74) is 0.301. The van der Waals surface area contributed by atoms with Gasteiger partial charge >= 0.3 is 5.97 Å². The van der Waals surface area contributed by atoms with E-state index in [-0.39, 0.29) is 5.69 Å². The van der Waals surface area contributed by atoms with Crippen molar-refractivity contribution in [2.75, 3.05) is 11.9 Å². The first kappa shape index (κ1) is 12.8. The summed E-state index contributed by atoms with van der Waals surface area (Å²) in [5.74, 6) is -0.403. The summed E-state index contributed by atoms with van der Waals surface area (Å²) in [4.78, 5) is 10.6. The number of anilines is 1. The second-order valence-electron chi connectivity index (χ2n) is 5.33. The molecule has 0 radical (unpaired) electrons. The number of aromatic carboxylic acids is 1. The van der Waals surface area contributed by atoms with Gasteiger partial charge in [0.05, 0.1) is 0 Å². The smallest absolute Gasteiger partial charge is 0.356 e. The molecule has 1 fully saturated rings. The standard InChI is InChI=1S/C13H19N3O2/c1-13(7-3-2-4-8-13)9-14-11-6-5-10(12(17)18)15-16-11/h5-6H,2-4,7-9H2,1H3,(H,14,16)(H,17,18). The molecule has 1 aliphatic rings. The van der Waals surface area contributed by atoms with Crippen LogP contribution in [0.4, 0.5) is 5.82 Å². The lowest BCUT2D eigenvalue weighted by Crippen LogP contribution is -2.29. The van der Waals surface area contributed by atoms with Crippen molar-refractivity contribution in [3.63, 3.8) is 0 Å². The van der Waals surface area contributed by atoms with Crippen LogP contribution in [0.25, 0.3) is 0 Å². The van der Waals surface area contributed by atoms with E-state index >= 15 is 0 Å². The zero-order valence-electron chi connectivity index (χ0n) is 10.6. The Balaban J connectivity index is 1.91. The molecule has 0 spiro atoms. The number of carbonyl (C=O) groups is 1. The maximum atomic E-state index is 10.6. The predicted molar refractivity (Wildman–Crippen MR) is 68.7 cm³/mol. The SMILES string of the molecule is CC1(CNc2ccc(C(=O)O)nn2)CCCCC1. The number of rotatable bonds is 4. The van der Waals surface area contributed by atoms with Crippen LogP contribution in [-0.4, -0.2) is 27.8 Å². The van der Waals surface area contributed by atoms with E-state index in [0.29, 0.717) is 11.2 Å². The Morgan fingerprint density at radius 2 is 2.06 bits per heavy atom. The van der Waals surface area contributed by atoms with Gasteiger partial charge in [0, 0.05) is 6.54 Å². The highest BCUT2D eigenvalue weighted by molar-refractivity contribution is 5.85. The van der Waals surface area contributed by atoms with Crippen LogP contribution in [0.5, 0.6) is 0 Å². The molecule has 2 N–H and O–H groups in total. The van der Waals surface area contributed by atoms with Crippen LogP contribution in [0, 0.1) is 5.41 Å². The van der Waals surface area contributed by atoms with Crippen LogP contribution >= 0.6 is 0 Å². The van der Waals surface area contributed by atoms with E-state index < -0.39 is 5.97 Å². The molecular formula is C13H19N3O2. The molecule has 1 saturated carbocycles. The predicted octanol–water partition coefficient (Wildman–Crippen LogP) is 2.56. The van der Waals surface area contributed by atoms with Crippen LogP contribution in [0.2, 0.25) is 0 Å². The fraction of sp³-hybridized carbons (Fsp3) is 0.615. The van der Waals surface area contributed by atoms with Crippen molar-refractivity contribution < 1.29 is 9.90 Å². The van der Waals surface area contributed by atoms with Crippen LogP contribution < -0.4 is 5.32 Å². The molecule has 0 aromatic carbocycles. The minimum Gasteiger partial charge on any atom is -0.476 e. The summed E-state index contributed by atoms with van der Waals surface area (Å²) in [7, 11) is 0. The van der Waals surface area contributed by atoms with Gasteiger partial charge in [-0.1, -0.05) is 26.2 Å². The van der Waals surface area contributed by atoms with Gasteiger partial charge in [0.2, 0.25) is 0 Å². The first-order valence-electron chi connectivity index (χ1n) is 6.40. The Hall–Kier alpha value is -1.65. The van der Waals surface area contributed by atoms with E-state index in [9.17, 15) is 4.79 Å². The van der Waals surface area contributed by atoms with E-state index in [1.807, 2.05) is 0 Å². The van der Waals surface area contributed by atoms with Crippen LogP contribution in [0.15, 0.2) is 12.1 Å². The van der Waals surface area contributed by atoms with Gasteiger partial charge in [0.15, 0.2) is 5.69 Å². The minimum atomic E-state index is -1.05. The maximum Gasteiger partial charge on any atom is 0.356 e. The molecule has 5 nitrogen and oxygen atoms in total. The second-order valence-corrected chi connectivity index (χ2v) is 5.33. The molecule has 1 aromatic rings. The van der Waals surface area contributed by atoms with Crippen molar-refractivity contribution in [1.82, 2.24) is 10.2 Å². The van der Waals surface area contributed by atoms with Gasteiger partial charge in [-0.3, -0.25) is 0 Å². The average molecular weight is 249 g/mol. The van der Waals surface area contributed by atoms with E-state index in [0.717, 1.165) is 6.54 Å². The fourth-order valence-electron chi connectivity index (χ4n) is 2.43. The quantitative estimate of drug-likeness (QED) is 0.857. The topological polar surface area (TPSA) is 75.1 Å². The molecule has 98 valence electrons. The van der Waals surface area contributed by atoms with E-state index in [2.05, 4.69) is 22.4 Å². The number of nitrogens with one attached hydrogen (secondary N) is 1. The molecule has 1 aliphatic carbocycles. The molecule has 0 aliphatic heterocycles. The molecular weight excluding hydrogens is 230 g/mol. The first-order chi connectivity index (χ1) is 8.59. The average Bonchev–Trinajstić information content (AvgIpc) is 2.38. The van der Waals surface area contributed by atoms with Crippen molar-refractivity contribution in [1.29, 1.82) is 0 Å². The highest BCUT2D eigenvalue weighted by Crippen LogP contribution is 2.35. The van der Waals surface area contributed by atoms with Gasteiger partial charge in [-0.25, -0.2) is 4.79 Å². The van der Waals surface area contributed by atoms with E-state index in [1.165, 1.54) is 38.2 Å². The molecule has 0 bridgehead atoms. The van der Waals surface area contributed by atoms with E-state index in [4.69, 9.17) is 5.11 Å². The van der Waals surface area contributed by atoms with Crippen molar-refractivity contribution in [2.24, 2.45) is 5.41 Å². The Kier molecular flexibility index (Phi) is 3.79. The molecule has 1 aromatic heterocycles. The highest BCUT2D eigenvalue weighted by Gasteiger charge is 2.26. The monoisotopic (exact) mass is 249 g/mol. The van der Waals surface area contributed by atoms with Crippen molar-refractivity contribution in [3.05, 3.63) is 17.8 Å². The van der Waals surface area contributed by atoms with Gasteiger partial charge < -0.3 is 10.4 Å². The maximum absolute atomic E-state index is 10.6. The molecule has 5 heteroatoms. The third kappa shape index (κ3) is 3.18. The molecule has 1 heterocycles. The highest BCUT2D eigenvalue weighted by atomic mass is 16.4. The van der Waals surface area contributed by atoms with Crippen molar-refractivity contribution in [2.45, 2.75) is 39.0 Å². The zero-order valence-corrected chi connectivity index (χ0v) is 10.6. The summed E-state index contributed by atoms with van der Waals surface area (Å²) >= 11 is 0. The Morgan fingerprint density at radius 3 is 2.61 bits per heavy atom. The van der Waals surface area contributed by atoms with Crippen LogP contribution in [-0.2, 0) is 0 Å². The number of nitrogens with zero attached hydrogens (tertiary/aromatic N) is 2. The summed E-state index contributed by atoms with van der Waals surface area (Å²) < 4.78 is 0. The lowest BCUT2D eigenvalue weighted by molar-refractivity contribution is 0.0689. The number of hydrogen-bond donors (Lipinski definition) is 2. The molecule has 0 atom stereocenters. The Labute approximate surface area is 107 Å². The van der Waals surface area contributed by atoms with Gasteiger partial charge in [-0.15, -0.1) is 10.2 Å². The minimum absolute atomic E-state index is 0.0237. The molecule has 0 saturated heterocycles. The van der Waals surface area contributed by atoms with Crippen LogP contribution in [0.1, 0.15) is 49.5 Å². The van der Waals surface area contributed by atoms with Crippen LogP contribution in [0.3, 0.4) is 0 Å². The molecule has 2 rings (SSSR count). The lowest BCUT2D eigenvalue weighted by atomic mass is 9.76. The van der Waals surface area contributed by atoms with E-state index in [1.54, 1.807) is 6.07 Å². The number of carboxylic acid groups (broad SMARTS) is 1. The lowest BCUT2D eigenvalue weighted by Gasteiger charge is -2.33. The normalized spacial score (nSPS) is 18.3. The van der Waals surface area contributed by atoms with Crippen molar-refractivity contribution in [3.8, 4) is 0 Å². The number of carboxylic acids is 1. The second kappa shape index (κ2) is 5.33. The molecule has 0 amide bonds. The van der Waals surface area contributed by atoms with Gasteiger partial charge in [0.1, 0.15) is 5.82 Å². The largest absolute Gasteiger partial charge is 0.476 e. The summed E-state index contributed by atoms with van der Waals surface area (Å²) in [6.45, 7) is 3.16. The summed E-state index contributed by atoms with van der Waals surface area (Å²) in [6.07, 6.45) is 6.40.